The number of aromatic nitrogens is 2. The van der Waals surface area contributed by atoms with Crippen LogP contribution in [-0.4, -0.2) is 42.4 Å². The number of nitrogens with one attached hydrogen (secondary N) is 1. The van der Waals surface area contributed by atoms with Crippen molar-refractivity contribution < 1.29 is 17.9 Å². The molecule has 2 aromatic carbocycles. The summed E-state index contributed by atoms with van der Waals surface area (Å²) in [6.07, 6.45) is -1.07. The molecule has 0 radical (unpaired) electrons. The number of ether oxygens (including phenoxy) is 1. The van der Waals surface area contributed by atoms with E-state index in [0.717, 1.165) is 4.34 Å². The molecule has 1 aliphatic heterocycles. The van der Waals surface area contributed by atoms with Crippen molar-refractivity contribution in [1.82, 2.24) is 10.2 Å². The van der Waals surface area contributed by atoms with Crippen LogP contribution in [0.2, 0.25) is 5.02 Å². The predicted octanol–water partition coefficient (Wildman–Crippen LogP) is 4.29. The van der Waals surface area contributed by atoms with Crippen molar-refractivity contribution in [3.63, 3.8) is 0 Å². The highest BCUT2D eigenvalue weighted by Gasteiger charge is 2.37. The third-order valence-electron chi connectivity index (χ3n) is 4.40. The van der Waals surface area contributed by atoms with E-state index in [1.807, 2.05) is 13.8 Å². The zero-order valence-corrected chi connectivity index (χ0v) is 20.3. The third kappa shape index (κ3) is 4.85. The fourth-order valence-corrected chi connectivity index (χ4v) is 6.58. The number of halogens is 1. The number of carbonyl (C=O) groups is 1. The zero-order chi connectivity index (χ0) is 22.9. The Bertz CT molecular complexity index is 1230. The molecule has 8 nitrogen and oxygen atoms in total. The number of benzene rings is 2. The Labute approximate surface area is 199 Å². The summed E-state index contributed by atoms with van der Waals surface area (Å²) in [5.41, 5.74) is 0.359. The second-order valence-corrected chi connectivity index (χ2v) is 12.2. The number of sulfonamides is 1. The molecule has 1 atom stereocenters. The number of thioether (sulfide) groups is 1. The number of nitrogens with zero attached hydrogens (tertiary/aromatic N) is 3. The lowest BCUT2D eigenvalue weighted by molar-refractivity contribution is -0.122. The first-order valence-electron chi connectivity index (χ1n) is 9.59. The van der Waals surface area contributed by atoms with Crippen LogP contribution in [0.1, 0.15) is 13.8 Å². The smallest absolute Gasteiger partial charge is 0.269 e. The average Bonchev–Trinajstić information content (AvgIpc) is 3.19. The molecule has 0 aliphatic carbocycles. The minimum atomic E-state index is -3.95. The molecule has 0 saturated carbocycles. The Morgan fingerprint density at radius 3 is 2.66 bits per heavy atom. The molecule has 0 bridgehead atoms. The number of hydrogen-bond acceptors (Lipinski definition) is 8. The van der Waals surface area contributed by atoms with Crippen molar-refractivity contribution in [2.45, 2.75) is 34.4 Å². The van der Waals surface area contributed by atoms with E-state index in [4.69, 9.17) is 16.3 Å². The fourth-order valence-electron chi connectivity index (χ4n) is 3.00. The highest BCUT2D eigenvalue weighted by molar-refractivity contribution is 8.01. The summed E-state index contributed by atoms with van der Waals surface area (Å²) in [6, 6.07) is 12.6. The van der Waals surface area contributed by atoms with Gasteiger partial charge in [0.1, 0.15) is 5.75 Å². The lowest BCUT2D eigenvalue weighted by atomic mass is 10.2. The van der Waals surface area contributed by atoms with Crippen molar-refractivity contribution in [2.24, 2.45) is 0 Å². The standard InChI is InChI=1S/C20H19ClN4O4S3/c1-12(2)30-20-24-23-19(31-20)22-18(26)17-11-25(15-5-3-4-6-16(15)29-17)32(27,28)14-9-7-13(21)8-10-14/h3-10,12,17H,11H2,1-2H3,(H,22,23,26)/t17-/m0/s1. The summed E-state index contributed by atoms with van der Waals surface area (Å²) >= 11 is 8.70. The van der Waals surface area contributed by atoms with Gasteiger partial charge in [-0.05, 0) is 36.4 Å². The van der Waals surface area contributed by atoms with Gasteiger partial charge in [-0.2, -0.15) is 0 Å². The third-order valence-corrected chi connectivity index (χ3v) is 8.37. The van der Waals surface area contributed by atoms with Crippen LogP contribution in [0.15, 0.2) is 57.8 Å². The van der Waals surface area contributed by atoms with Gasteiger partial charge in [0.2, 0.25) is 5.13 Å². The van der Waals surface area contributed by atoms with Crippen LogP contribution in [0.4, 0.5) is 10.8 Å². The van der Waals surface area contributed by atoms with Crippen LogP contribution in [-0.2, 0) is 14.8 Å². The second-order valence-electron chi connectivity index (χ2n) is 7.09. The van der Waals surface area contributed by atoms with Crippen molar-refractivity contribution in [3.05, 3.63) is 53.6 Å². The van der Waals surface area contributed by atoms with Crippen LogP contribution in [0.5, 0.6) is 5.75 Å². The zero-order valence-electron chi connectivity index (χ0n) is 17.1. The van der Waals surface area contributed by atoms with Crippen LogP contribution < -0.4 is 14.4 Å². The number of para-hydroxylation sites is 2. The molecular weight excluding hydrogens is 492 g/mol. The SMILES string of the molecule is CC(C)Sc1nnc(NC(=O)[C@@H]2CN(S(=O)(=O)c3ccc(Cl)cc3)c3ccccc3O2)s1. The molecule has 4 rings (SSSR count). The maximum absolute atomic E-state index is 13.4. The van der Waals surface area contributed by atoms with Gasteiger partial charge < -0.3 is 4.74 Å². The van der Waals surface area contributed by atoms with Gasteiger partial charge >= 0.3 is 0 Å². The Kier molecular flexibility index (Phi) is 6.61. The highest BCUT2D eigenvalue weighted by Crippen LogP contribution is 2.37. The molecule has 168 valence electrons. The quantitative estimate of drug-likeness (QED) is 0.390. The van der Waals surface area contributed by atoms with E-state index in [1.165, 1.54) is 39.9 Å². The molecule has 2 heterocycles. The van der Waals surface area contributed by atoms with Gasteiger partial charge in [0.15, 0.2) is 10.4 Å². The van der Waals surface area contributed by atoms with E-state index < -0.39 is 22.0 Å². The summed E-state index contributed by atoms with van der Waals surface area (Å²) in [5, 5.41) is 11.8. The van der Waals surface area contributed by atoms with Gasteiger partial charge in [-0.3, -0.25) is 14.4 Å². The average molecular weight is 511 g/mol. The van der Waals surface area contributed by atoms with Crippen molar-refractivity contribution in [2.75, 3.05) is 16.2 Å². The largest absolute Gasteiger partial charge is 0.476 e. The summed E-state index contributed by atoms with van der Waals surface area (Å²) < 4.78 is 34.5. The van der Waals surface area contributed by atoms with E-state index in [-0.39, 0.29) is 11.4 Å². The summed E-state index contributed by atoms with van der Waals surface area (Å²) in [4.78, 5) is 13.0. The van der Waals surface area contributed by atoms with Crippen molar-refractivity contribution in [1.29, 1.82) is 0 Å². The first kappa shape index (κ1) is 22.8. The van der Waals surface area contributed by atoms with Gasteiger partial charge in [0, 0.05) is 10.3 Å². The van der Waals surface area contributed by atoms with Gasteiger partial charge in [0.25, 0.3) is 15.9 Å². The number of anilines is 2. The van der Waals surface area contributed by atoms with E-state index >= 15 is 0 Å². The first-order valence-corrected chi connectivity index (χ1v) is 13.1. The van der Waals surface area contributed by atoms with Crippen LogP contribution in [0.25, 0.3) is 0 Å². The topological polar surface area (TPSA) is 101 Å². The number of hydrogen-bond donors (Lipinski definition) is 1. The van der Waals surface area contributed by atoms with Crippen LogP contribution >= 0.6 is 34.7 Å². The summed E-state index contributed by atoms with van der Waals surface area (Å²) in [6.45, 7) is 3.88. The lowest BCUT2D eigenvalue weighted by Gasteiger charge is -2.34. The second kappa shape index (κ2) is 9.26. The normalized spacial score (nSPS) is 15.9. The number of amides is 1. The molecule has 0 unspecified atom stereocenters. The molecule has 3 aromatic rings. The molecule has 1 N–H and O–H groups in total. The van der Waals surface area contributed by atoms with Crippen LogP contribution in [0, 0.1) is 0 Å². The Morgan fingerprint density at radius 2 is 1.94 bits per heavy atom. The van der Waals surface area contributed by atoms with E-state index in [9.17, 15) is 13.2 Å². The summed E-state index contributed by atoms with van der Waals surface area (Å²) in [7, 11) is -3.95. The first-order chi connectivity index (χ1) is 15.2. The minimum absolute atomic E-state index is 0.0669. The molecule has 32 heavy (non-hydrogen) atoms. The van der Waals surface area contributed by atoms with E-state index in [0.29, 0.717) is 26.8 Å². The maximum Gasteiger partial charge on any atom is 0.269 e. The molecule has 12 heteroatoms. The minimum Gasteiger partial charge on any atom is -0.476 e. The van der Waals surface area contributed by atoms with Gasteiger partial charge in [-0.1, -0.05) is 60.7 Å². The van der Waals surface area contributed by atoms with Gasteiger partial charge in [-0.15, -0.1) is 10.2 Å². The lowest BCUT2D eigenvalue weighted by Crippen LogP contribution is -2.48. The predicted molar refractivity (Wildman–Crippen MR) is 126 cm³/mol. The monoisotopic (exact) mass is 510 g/mol. The van der Waals surface area contributed by atoms with Gasteiger partial charge in [-0.25, -0.2) is 8.42 Å². The Balaban J connectivity index is 1.60. The molecule has 0 fully saturated rings. The van der Waals surface area contributed by atoms with E-state index in [1.54, 1.807) is 36.0 Å². The van der Waals surface area contributed by atoms with Crippen molar-refractivity contribution >= 4 is 61.4 Å². The van der Waals surface area contributed by atoms with Crippen LogP contribution in [0.3, 0.4) is 0 Å². The van der Waals surface area contributed by atoms with E-state index in [2.05, 4.69) is 15.5 Å². The summed E-state index contributed by atoms with van der Waals surface area (Å²) in [5.74, 6) is -0.210. The molecule has 0 spiro atoms. The van der Waals surface area contributed by atoms with Crippen molar-refractivity contribution in [3.8, 4) is 5.75 Å². The molecule has 0 saturated heterocycles. The fraction of sp³-hybridized carbons (Fsp3) is 0.250. The number of carbonyl (C=O) groups excluding carboxylic acids is 1. The Morgan fingerprint density at radius 1 is 1.22 bits per heavy atom. The number of fused-ring (bicyclic) bond motifs is 1. The molecule has 1 aromatic heterocycles. The Hall–Kier alpha value is -2.34. The highest BCUT2D eigenvalue weighted by atomic mass is 35.5. The molecule has 1 aliphatic rings. The molecule has 1 amide bonds. The number of rotatable bonds is 6. The molecular formula is C20H19ClN4O4S3. The van der Waals surface area contributed by atoms with Gasteiger partial charge in [0.05, 0.1) is 17.1 Å². The maximum atomic E-state index is 13.4.